The molecule has 0 aliphatic rings. The monoisotopic (exact) mass is 459 g/mol. The van der Waals surface area contributed by atoms with Gasteiger partial charge < -0.3 is 14.6 Å². The molecule has 0 unspecified atom stereocenters. The zero-order chi connectivity index (χ0) is 20.0. The second-order valence-corrected chi connectivity index (χ2v) is 8.47. The number of ether oxygens (including phenoxy) is 1. The lowest BCUT2D eigenvalue weighted by Crippen LogP contribution is -2.45. The number of carbonyl (C=O) groups excluding carboxylic acids is 2. The van der Waals surface area contributed by atoms with E-state index in [0.29, 0.717) is 0 Å². The van der Waals surface area contributed by atoms with E-state index in [1.807, 2.05) is 0 Å². The van der Waals surface area contributed by atoms with Gasteiger partial charge >= 0.3 is 5.97 Å². The van der Waals surface area contributed by atoms with E-state index >= 15 is 0 Å². The van der Waals surface area contributed by atoms with Crippen LogP contribution in [0.15, 0.2) is 50.5 Å². The number of nitrogens with zero attached hydrogens (tertiary/aromatic N) is 1. The van der Waals surface area contributed by atoms with Crippen LogP contribution in [-0.4, -0.2) is 38.1 Å². The molecule has 0 spiro atoms. The van der Waals surface area contributed by atoms with E-state index in [0.717, 1.165) is 4.47 Å². The van der Waals surface area contributed by atoms with E-state index < -0.39 is 40.5 Å². The molecule has 27 heavy (non-hydrogen) atoms. The van der Waals surface area contributed by atoms with Gasteiger partial charge in [-0.15, -0.1) is 0 Å². The molecule has 1 heterocycles. The van der Waals surface area contributed by atoms with Gasteiger partial charge in [-0.3, -0.25) is 9.59 Å². The van der Waals surface area contributed by atoms with Gasteiger partial charge in [0.1, 0.15) is 12.3 Å². The van der Waals surface area contributed by atoms with Gasteiger partial charge in [0.25, 0.3) is 5.91 Å². The Morgan fingerprint density at radius 2 is 1.89 bits per heavy atom. The van der Waals surface area contributed by atoms with Crippen molar-refractivity contribution in [1.82, 2.24) is 9.88 Å². The van der Waals surface area contributed by atoms with Crippen LogP contribution < -0.4 is 10.0 Å². The summed E-state index contributed by atoms with van der Waals surface area (Å²) in [5, 5.41) is 5.85. The number of amides is 1. The molecule has 2 aromatic rings. The maximum absolute atomic E-state index is 12.5. The summed E-state index contributed by atoms with van der Waals surface area (Å²) in [6, 6.07) is 6.22. The van der Waals surface area contributed by atoms with E-state index in [1.54, 1.807) is 26.0 Å². The third kappa shape index (κ3) is 6.15. The fraction of sp³-hybridized carbons (Fsp3) is 0.312. The van der Waals surface area contributed by atoms with Crippen LogP contribution in [0.3, 0.4) is 0 Å². The lowest BCUT2D eigenvalue weighted by Gasteiger charge is -2.20. The number of halogens is 1. The summed E-state index contributed by atoms with van der Waals surface area (Å²) < 4.78 is 37.5. The highest BCUT2D eigenvalue weighted by atomic mass is 79.9. The maximum atomic E-state index is 12.5. The molecular weight excluding hydrogens is 442 g/mol. The first-order valence-corrected chi connectivity index (χ1v) is 10.1. The number of hydrogen-bond donors (Lipinski definition) is 2. The Morgan fingerprint density at radius 3 is 2.44 bits per heavy atom. The molecular formula is C16H18BrN3O6S. The van der Waals surface area contributed by atoms with Crippen molar-refractivity contribution in [2.75, 3.05) is 11.9 Å². The number of benzene rings is 1. The van der Waals surface area contributed by atoms with Crippen molar-refractivity contribution in [3.8, 4) is 0 Å². The molecule has 0 saturated carbocycles. The molecule has 2 rings (SSSR count). The maximum Gasteiger partial charge on any atom is 0.324 e. The van der Waals surface area contributed by atoms with Crippen LogP contribution in [0.4, 0.5) is 5.82 Å². The van der Waals surface area contributed by atoms with Crippen LogP contribution in [0.2, 0.25) is 0 Å². The summed E-state index contributed by atoms with van der Waals surface area (Å²) in [6.45, 7) is 2.73. The van der Waals surface area contributed by atoms with Crippen molar-refractivity contribution in [3.63, 3.8) is 0 Å². The minimum absolute atomic E-state index is 0.00734. The Balaban J connectivity index is 2.00. The molecule has 1 atom stereocenters. The molecule has 1 aromatic heterocycles. The first-order valence-electron chi connectivity index (χ1n) is 7.84. The molecule has 2 N–H and O–H groups in total. The van der Waals surface area contributed by atoms with Crippen LogP contribution in [0.25, 0.3) is 0 Å². The highest BCUT2D eigenvalue weighted by Crippen LogP contribution is 2.16. The van der Waals surface area contributed by atoms with Crippen LogP contribution in [0, 0.1) is 5.92 Å². The predicted octanol–water partition coefficient (Wildman–Crippen LogP) is 1.92. The summed E-state index contributed by atoms with van der Waals surface area (Å²) in [7, 11) is -3.94. The molecule has 0 bridgehead atoms. The summed E-state index contributed by atoms with van der Waals surface area (Å²) >= 11 is 3.23. The van der Waals surface area contributed by atoms with Crippen LogP contribution in [0.1, 0.15) is 13.8 Å². The van der Waals surface area contributed by atoms with Gasteiger partial charge in [-0.2, -0.15) is 4.72 Å². The Kier molecular flexibility index (Phi) is 7.11. The first kappa shape index (κ1) is 21.1. The number of carbonyl (C=O) groups is 2. The second-order valence-electron chi connectivity index (χ2n) is 5.84. The molecule has 0 fully saturated rings. The summed E-state index contributed by atoms with van der Waals surface area (Å²) in [5.74, 6) is -1.72. The summed E-state index contributed by atoms with van der Waals surface area (Å²) in [6.07, 6.45) is 1.27. The molecule has 0 saturated heterocycles. The van der Waals surface area contributed by atoms with Gasteiger partial charge in [0.05, 0.1) is 4.90 Å². The van der Waals surface area contributed by atoms with Crippen LogP contribution >= 0.6 is 15.9 Å². The van der Waals surface area contributed by atoms with Crippen molar-refractivity contribution >= 4 is 43.6 Å². The smallest absolute Gasteiger partial charge is 0.324 e. The number of nitrogens with one attached hydrogen (secondary N) is 2. The third-order valence-electron chi connectivity index (χ3n) is 3.38. The number of anilines is 1. The number of esters is 1. The lowest BCUT2D eigenvalue weighted by atomic mass is 10.1. The van der Waals surface area contributed by atoms with Crippen molar-refractivity contribution in [3.05, 3.63) is 41.1 Å². The summed E-state index contributed by atoms with van der Waals surface area (Å²) in [5.41, 5.74) is 0. The van der Waals surface area contributed by atoms with E-state index in [2.05, 4.69) is 35.6 Å². The van der Waals surface area contributed by atoms with Gasteiger partial charge in [0.2, 0.25) is 10.0 Å². The zero-order valence-electron chi connectivity index (χ0n) is 14.5. The number of aromatic nitrogens is 1. The summed E-state index contributed by atoms with van der Waals surface area (Å²) in [4.78, 5) is 24.0. The molecule has 146 valence electrons. The Morgan fingerprint density at radius 1 is 1.22 bits per heavy atom. The fourth-order valence-corrected chi connectivity index (χ4v) is 3.59. The fourth-order valence-electron chi connectivity index (χ4n) is 1.99. The Labute approximate surface area is 164 Å². The minimum atomic E-state index is -3.94. The average molecular weight is 460 g/mol. The average Bonchev–Trinajstić information content (AvgIpc) is 3.10. The van der Waals surface area contributed by atoms with Crippen molar-refractivity contribution in [1.29, 1.82) is 0 Å². The first-order chi connectivity index (χ1) is 12.7. The van der Waals surface area contributed by atoms with Crippen LogP contribution in [-0.2, 0) is 24.3 Å². The number of hydrogen-bond acceptors (Lipinski definition) is 7. The second kappa shape index (κ2) is 9.11. The third-order valence-corrected chi connectivity index (χ3v) is 5.36. The van der Waals surface area contributed by atoms with Crippen molar-refractivity contribution < 1.29 is 27.3 Å². The number of rotatable bonds is 8. The molecule has 0 aliphatic heterocycles. The molecule has 1 amide bonds. The van der Waals surface area contributed by atoms with E-state index in [1.165, 1.54) is 24.5 Å². The molecule has 9 nitrogen and oxygen atoms in total. The number of sulfonamides is 1. The highest BCUT2D eigenvalue weighted by Gasteiger charge is 2.30. The van der Waals surface area contributed by atoms with Crippen molar-refractivity contribution in [2.24, 2.45) is 5.92 Å². The van der Waals surface area contributed by atoms with Gasteiger partial charge in [0, 0.05) is 10.5 Å². The van der Waals surface area contributed by atoms with E-state index in [-0.39, 0.29) is 10.7 Å². The Hall–Kier alpha value is -2.24. The lowest BCUT2D eigenvalue weighted by molar-refractivity contribution is -0.150. The zero-order valence-corrected chi connectivity index (χ0v) is 16.9. The minimum Gasteiger partial charge on any atom is -0.454 e. The topological polar surface area (TPSA) is 128 Å². The van der Waals surface area contributed by atoms with E-state index in [9.17, 15) is 18.0 Å². The highest BCUT2D eigenvalue weighted by molar-refractivity contribution is 9.10. The van der Waals surface area contributed by atoms with Gasteiger partial charge in [0.15, 0.2) is 12.4 Å². The normalized spacial score (nSPS) is 12.6. The molecule has 11 heteroatoms. The molecule has 0 radical (unpaired) electrons. The van der Waals surface area contributed by atoms with E-state index in [4.69, 9.17) is 4.74 Å². The largest absolute Gasteiger partial charge is 0.454 e. The quantitative estimate of drug-likeness (QED) is 0.576. The van der Waals surface area contributed by atoms with Crippen molar-refractivity contribution in [2.45, 2.75) is 24.8 Å². The van der Waals surface area contributed by atoms with Crippen LogP contribution in [0.5, 0.6) is 0 Å². The standard InChI is InChI=1S/C16H18BrN3O6S/c1-10(2)15(20-27(23,24)12-5-3-11(17)4-6-12)16(22)25-9-14(21)18-13-7-8-26-19-13/h3-8,10,15,20H,9H2,1-2H3,(H,18,19,21)/t15-/m0/s1. The van der Waals surface area contributed by atoms with Gasteiger partial charge in [-0.1, -0.05) is 34.9 Å². The molecule has 1 aromatic carbocycles. The Bertz CT molecular complexity index is 881. The molecule has 0 aliphatic carbocycles. The van der Waals surface area contributed by atoms with Gasteiger partial charge in [-0.05, 0) is 30.2 Å². The predicted molar refractivity (Wildman–Crippen MR) is 99.2 cm³/mol. The van der Waals surface area contributed by atoms with Gasteiger partial charge in [-0.25, -0.2) is 8.42 Å². The SMILES string of the molecule is CC(C)[C@H](NS(=O)(=O)c1ccc(Br)cc1)C(=O)OCC(=O)Nc1ccon1.